The SMILES string of the molecule is CC[C@H]1CCc2sc(C(=O)NNC(=S)NCC[NH+](C)C)cc2C1. The number of hydrogen-bond acceptors (Lipinski definition) is 3. The van der Waals surface area contributed by atoms with E-state index in [1.807, 2.05) is 6.07 Å². The maximum Gasteiger partial charge on any atom is 0.279 e. The Morgan fingerprint density at radius 2 is 2.22 bits per heavy atom. The second-order valence-electron chi connectivity index (χ2n) is 6.37. The molecule has 1 aromatic heterocycles. The van der Waals surface area contributed by atoms with E-state index >= 15 is 0 Å². The molecule has 1 atom stereocenters. The van der Waals surface area contributed by atoms with Crippen molar-refractivity contribution in [3.05, 3.63) is 21.4 Å². The Morgan fingerprint density at radius 1 is 1.43 bits per heavy atom. The van der Waals surface area contributed by atoms with Crippen molar-refractivity contribution in [2.45, 2.75) is 32.6 Å². The van der Waals surface area contributed by atoms with Crippen molar-refractivity contribution in [1.29, 1.82) is 0 Å². The Balaban J connectivity index is 1.80. The molecule has 0 fully saturated rings. The lowest BCUT2D eigenvalue weighted by Crippen LogP contribution is -3.06. The summed E-state index contributed by atoms with van der Waals surface area (Å²) < 4.78 is 0. The summed E-state index contributed by atoms with van der Waals surface area (Å²) >= 11 is 6.76. The van der Waals surface area contributed by atoms with E-state index in [1.54, 1.807) is 11.3 Å². The van der Waals surface area contributed by atoms with Crippen LogP contribution in [0, 0.1) is 5.92 Å². The van der Waals surface area contributed by atoms with Gasteiger partial charge in [0.25, 0.3) is 5.91 Å². The van der Waals surface area contributed by atoms with E-state index in [2.05, 4.69) is 37.2 Å². The second-order valence-corrected chi connectivity index (χ2v) is 7.91. The number of fused-ring (bicyclic) bond motifs is 1. The average molecular weight is 356 g/mol. The summed E-state index contributed by atoms with van der Waals surface area (Å²) in [6.07, 6.45) is 4.67. The first-order valence-electron chi connectivity index (χ1n) is 8.24. The summed E-state index contributed by atoms with van der Waals surface area (Å²) in [7, 11) is 4.17. The number of amides is 1. The first kappa shape index (κ1) is 18.2. The van der Waals surface area contributed by atoms with Crippen LogP contribution in [-0.2, 0) is 12.8 Å². The molecule has 1 aliphatic carbocycles. The third kappa shape index (κ3) is 5.44. The van der Waals surface area contributed by atoms with E-state index in [0.29, 0.717) is 5.11 Å². The summed E-state index contributed by atoms with van der Waals surface area (Å²) in [6.45, 7) is 3.98. The molecule has 7 heteroatoms. The Hall–Kier alpha value is -1.18. The lowest BCUT2D eigenvalue weighted by atomic mass is 9.87. The standard InChI is InChI=1S/C16H26N4OS2/c1-4-11-5-6-13-12(9-11)10-14(23-13)15(21)18-19-16(22)17-7-8-20(2)3/h10-11H,4-9H2,1-3H3,(H,18,21)(H2,17,19,22)/p+1/t11-/m0/s1. The zero-order chi connectivity index (χ0) is 16.8. The van der Waals surface area contributed by atoms with Crippen LogP contribution >= 0.6 is 23.6 Å². The van der Waals surface area contributed by atoms with Crippen LogP contribution in [0.1, 0.15) is 39.9 Å². The van der Waals surface area contributed by atoms with E-state index in [0.717, 1.165) is 36.7 Å². The van der Waals surface area contributed by atoms with Crippen LogP contribution in [0.15, 0.2) is 6.07 Å². The fourth-order valence-corrected chi connectivity index (χ4v) is 3.96. The summed E-state index contributed by atoms with van der Waals surface area (Å²) in [6, 6.07) is 2.05. The highest BCUT2D eigenvalue weighted by Crippen LogP contribution is 2.33. The predicted molar refractivity (Wildman–Crippen MR) is 99.0 cm³/mol. The van der Waals surface area contributed by atoms with Gasteiger partial charge < -0.3 is 10.2 Å². The van der Waals surface area contributed by atoms with Gasteiger partial charge in [-0.15, -0.1) is 11.3 Å². The Kier molecular flexibility index (Phi) is 6.80. The number of thiophene rings is 1. The highest BCUT2D eigenvalue weighted by atomic mass is 32.1. The van der Waals surface area contributed by atoms with Crippen LogP contribution in [0.2, 0.25) is 0 Å². The fraction of sp³-hybridized carbons (Fsp3) is 0.625. The first-order chi connectivity index (χ1) is 11.0. The number of rotatable bonds is 5. The van der Waals surface area contributed by atoms with Gasteiger partial charge in [0.15, 0.2) is 5.11 Å². The minimum Gasteiger partial charge on any atom is -0.356 e. The van der Waals surface area contributed by atoms with Crippen molar-refractivity contribution in [2.24, 2.45) is 5.92 Å². The van der Waals surface area contributed by atoms with Gasteiger partial charge in [-0.3, -0.25) is 15.6 Å². The molecule has 0 unspecified atom stereocenters. The molecular formula is C16H27N4OS2+. The topological polar surface area (TPSA) is 57.6 Å². The number of hydrogen-bond donors (Lipinski definition) is 4. The first-order valence-corrected chi connectivity index (χ1v) is 9.46. The molecule has 0 aliphatic heterocycles. The van der Waals surface area contributed by atoms with Gasteiger partial charge in [-0.25, -0.2) is 0 Å². The van der Waals surface area contributed by atoms with Gasteiger partial charge in [0.1, 0.15) is 0 Å². The van der Waals surface area contributed by atoms with Gasteiger partial charge in [-0.1, -0.05) is 13.3 Å². The minimum atomic E-state index is -0.111. The quantitative estimate of drug-likeness (QED) is 0.459. The molecule has 0 aromatic carbocycles. The molecule has 128 valence electrons. The second kappa shape index (κ2) is 8.61. The number of quaternary nitrogens is 1. The molecule has 2 rings (SSSR count). The molecule has 1 aliphatic rings. The van der Waals surface area contributed by atoms with Gasteiger partial charge in [0.2, 0.25) is 0 Å². The van der Waals surface area contributed by atoms with Crippen molar-refractivity contribution < 1.29 is 9.69 Å². The van der Waals surface area contributed by atoms with E-state index in [4.69, 9.17) is 12.2 Å². The number of likely N-dealkylation sites (N-methyl/N-ethyl adjacent to an activating group) is 1. The van der Waals surface area contributed by atoms with Gasteiger partial charge in [0, 0.05) is 4.88 Å². The molecule has 1 amide bonds. The van der Waals surface area contributed by atoms with E-state index in [-0.39, 0.29) is 5.91 Å². The maximum absolute atomic E-state index is 12.2. The van der Waals surface area contributed by atoms with Crippen molar-refractivity contribution in [1.82, 2.24) is 16.2 Å². The summed E-state index contributed by atoms with van der Waals surface area (Å²) in [5.74, 6) is 0.654. The predicted octanol–water partition coefficient (Wildman–Crippen LogP) is 0.516. The smallest absolute Gasteiger partial charge is 0.279 e. The van der Waals surface area contributed by atoms with Crippen LogP contribution in [0.5, 0.6) is 0 Å². The van der Waals surface area contributed by atoms with Gasteiger partial charge >= 0.3 is 0 Å². The van der Waals surface area contributed by atoms with Crippen molar-refractivity contribution >= 4 is 34.6 Å². The molecule has 0 radical (unpaired) electrons. The minimum absolute atomic E-state index is 0.111. The summed E-state index contributed by atoms with van der Waals surface area (Å²) in [4.78, 5) is 15.7. The Labute approximate surface area is 147 Å². The number of aryl methyl sites for hydroxylation is 1. The van der Waals surface area contributed by atoms with Crippen molar-refractivity contribution in [3.63, 3.8) is 0 Å². The molecule has 23 heavy (non-hydrogen) atoms. The molecule has 0 bridgehead atoms. The summed E-state index contributed by atoms with van der Waals surface area (Å²) in [5.41, 5.74) is 6.81. The summed E-state index contributed by atoms with van der Waals surface area (Å²) in [5, 5.41) is 3.52. The third-order valence-corrected chi connectivity index (χ3v) is 5.67. The third-order valence-electron chi connectivity index (χ3n) is 4.19. The van der Waals surface area contributed by atoms with Gasteiger partial charge in [0.05, 0.1) is 32.1 Å². The van der Waals surface area contributed by atoms with Gasteiger partial charge in [-0.05, 0) is 49.0 Å². The highest BCUT2D eigenvalue weighted by molar-refractivity contribution is 7.80. The van der Waals surface area contributed by atoms with Crippen LogP contribution < -0.4 is 21.1 Å². The van der Waals surface area contributed by atoms with Crippen LogP contribution in [0.3, 0.4) is 0 Å². The molecule has 4 N–H and O–H groups in total. The molecule has 0 saturated heterocycles. The normalized spacial score (nSPS) is 16.8. The number of hydrazine groups is 1. The van der Waals surface area contributed by atoms with E-state index in [9.17, 15) is 4.79 Å². The lowest BCUT2D eigenvalue weighted by molar-refractivity contribution is -0.856. The zero-order valence-corrected chi connectivity index (χ0v) is 15.8. The molecule has 1 aromatic rings. The fourth-order valence-electron chi connectivity index (χ4n) is 2.70. The van der Waals surface area contributed by atoms with Crippen molar-refractivity contribution in [2.75, 3.05) is 27.2 Å². The number of thiocarbonyl (C=S) groups is 1. The average Bonchev–Trinajstić information content (AvgIpc) is 2.95. The van der Waals surface area contributed by atoms with Gasteiger partial charge in [-0.2, -0.15) is 0 Å². The Morgan fingerprint density at radius 3 is 2.91 bits per heavy atom. The van der Waals surface area contributed by atoms with E-state index in [1.165, 1.54) is 28.2 Å². The van der Waals surface area contributed by atoms with E-state index < -0.39 is 0 Å². The number of carbonyl (C=O) groups is 1. The van der Waals surface area contributed by atoms with Crippen LogP contribution in [0.25, 0.3) is 0 Å². The monoisotopic (exact) mass is 355 g/mol. The number of carbonyl (C=O) groups excluding carboxylic acids is 1. The highest BCUT2D eigenvalue weighted by Gasteiger charge is 2.22. The molecule has 0 saturated carbocycles. The molecule has 1 heterocycles. The zero-order valence-electron chi connectivity index (χ0n) is 14.1. The largest absolute Gasteiger partial charge is 0.356 e. The van der Waals surface area contributed by atoms with Crippen LogP contribution in [-0.4, -0.2) is 38.2 Å². The van der Waals surface area contributed by atoms with Crippen molar-refractivity contribution in [3.8, 4) is 0 Å². The number of nitrogens with one attached hydrogen (secondary N) is 4. The molecular weight excluding hydrogens is 328 g/mol. The Bertz CT molecular complexity index is 556. The maximum atomic E-state index is 12.2. The van der Waals surface area contributed by atoms with Crippen LogP contribution in [0.4, 0.5) is 0 Å². The molecule has 5 nitrogen and oxygen atoms in total. The molecule has 0 spiro atoms. The lowest BCUT2D eigenvalue weighted by Gasteiger charge is -2.19.